The maximum absolute atomic E-state index is 13.0. The minimum Gasteiger partial charge on any atom is -0.292 e. The molecule has 1 aliphatic carbocycles. The Labute approximate surface area is 153 Å². The number of allylic oxidation sites excluding steroid dienone is 4. The molecule has 0 aromatic heterocycles. The fraction of sp³-hybridized carbons (Fsp3) is 0.105. The third-order valence-corrected chi connectivity index (χ3v) is 4.59. The van der Waals surface area contributed by atoms with Crippen molar-refractivity contribution in [1.29, 1.82) is 0 Å². The third-order valence-electron chi connectivity index (χ3n) is 3.76. The highest BCUT2D eigenvalue weighted by atomic mass is 35.5. The van der Waals surface area contributed by atoms with Gasteiger partial charge in [-0.15, -0.1) is 11.6 Å². The molecule has 2 nitrogen and oxygen atoms in total. The van der Waals surface area contributed by atoms with Gasteiger partial charge in [0.2, 0.25) is 0 Å². The van der Waals surface area contributed by atoms with Crippen LogP contribution in [0.5, 0.6) is 0 Å². The average Bonchev–Trinajstić information content (AvgIpc) is 2.64. The minimum absolute atomic E-state index is 0.129. The van der Waals surface area contributed by atoms with E-state index in [1.165, 1.54) is 9.12 Å². The second-order valence-electron chi connectivity index (χ2n) is 5.19. The predicted octanol–water partition coefficient (Wildman–Crippen LogP) is 5.66. The Morgan fingerprint density at radius 2 is 1.50 bits per heavy atom. The zero-order valence-electron chi connectivity index (χ0n) is 12.8. The predicted molar refractivity (Wildman–Crippen MR) is 103 cm³/mol. The molecule has 0 saturated carbocycles. The molecular weight excluding hydrogens is 362 g/mol. The largest absolute Gasteiger partial charge is 0.310 e. The zero-order valence-corrected chi connectivity index (χ0v) is 15.5. The Kier molecular flexibility index (Phi) is 6.51. The van der Waals surface area contributed by atoms with E-state index >= 15 is 0 Å². The van der Waals surface area contributed by atoms with Gasteiger partial charge in [-0.05, 0) is 18.1 Å². The van der Waals surface area contributed by atoms with E-state index < -0.39 is 4.87 Å². The van der Waals surface area contributed by atoms with Crippen LogP contribution in [0.1, 0.15) is 22.3 Å². The summed E-state index contributed by atoms with van der Waals surface area (Å²) in [6.07, 6.45) is 4.08. The molecule has 2 aromatic rings. The average molecular weight is 378 g/mol. The molecule has 0 bridgehead atoms. The lowest BCUT2D eigenvalue weighted by Crippen LogP contribution is -2.35. The molecule has 2 atom stereocenters. The van der Waals surface area contributed by atoms with Crippen LogP contribution in [0.25, 0.3) is 5.57 Å². The number of halogens is 2. The maximum Gasteiger partial charge on any atom is 0.310 e. The van der Waals surface area contributed by atoms with Crippen LogP contribution >= 0.6 is 32.3 Å². The fourth-order valence-corrected chi connectivity index (χ4v) is 3.51. The van der Waals surface area contributed by atoms with Crippen LogP contribution in [-0.2, 0) is 4.57 Å². The number of carbonyl (C=O) groups excluding carboxylic acids is 1. The molecule has 0 saturated heterocycles. The number of ketones is 1. The van der Waals surface area contributed by atoms with Crippen molar-refractivity contribution in [3.8, 4) is 0 Å². The number of hydrogen-bond acceptors (Lipinski definition) is 2. The number of Topliss-reactive ketones (excluding diaryl/α,β-unsaturated/α-hetero) is 1. The van der Waals surface area contributed by atoms with Crippen molar-refractivity contribution in [3.63, 3.8) is 0 Å². The molecule has 5 heteroatoms. The summed E-state index contributed by atoms with van der Waals surface area (Å²) in [7, 11) is 1.17. The van der Waals surface area contributed by atoms with Gasteiger partial charge in [-0.2, -0.15) is 0 Å². The molecule has 0 fully saturated rings. The van der Waals surface area contributed by atoms with Crippen molar-refractivity contribution in [3.05, 3.63) is 89.0 Å². The van der Waals surface area contributed by atoms with E-state index in [-0.39, 0.29) is 5.78 Å². The second-order valence-corrected chi connectivity index (χ2v) is 6.24. The van der Waals surface area contributed by atoms with Crippen molar-refractivity contribution in [1.82, 2.24) is 0 Å². The lowest BCUT2D eigenvalue weighted by molar-refractivity contribution is 0.0963. The monoisotopic (exact) mass is 377 g/mol. The van der Waals surface area contributed by atoms with Gasteiger partial charge in [0.1, 0.15) is 4.87 Å². The molecule has 2 unspecified atom stereocenters. The molecule has 0 radical (unpaired) electrons. The van der Waals surface area contributed by atoms with Crippen LogP contribution in [0.3, 0.4) is 0 Å². The summed E-state index contributed by atoms with van der Waals surface area (Å²) in [5.74, 6) is -0.129. The van der Waals surface area contributed by atoms with Gasteiger partial charge in [0, 0.05) is 16.2 Å². The van der Waals surface area contributed by atoms with Crippen LogP contribution in [0.4, 0.5) is 0 Å². The summed E-state index contributed by atoms with van der Waals surface area (Å²) in [6.45, 7) is 0. The van der Waals surface area contributed by atoms with E-state index in [2.05, 4.69) is 0 Å². The normalized spacial score (nSPS) is 19.4. The van der Waals surface area contributed by atoms with Gasteiger partial charge < -0.3 is 0 Å². The number of rotatable bonds is 3. The second kappa shape index (κ2) is 8.39. The fourth-order valence-electron chi connectivity index (χ4n) is 2.70. The minimum atomic E-state index is -1.17. The Hall–Kier alpha value is -1.73. The topological polar surface area (TPSA) is 34.1 Å². The SMILES string of the molecule is O=C(c1ccccc1)C1(Cl)CC=CC(Cl)=C1c1ccccc1.O=[PH2+]. The highest BCUT2D eigenvalue weighted by Crippen LogP contribution is 2.45. The molecule has 122 valence electrons. The Morgan fingerprint density at radius 1 is 0.958 bits per heavy atom. The Morgan fingerprint density at radius 3 is 2.08 bits per heavy atom. The number of alkyl halides is 1. The molecular formula is C19H16Cl2O2P+. The summed E-state index contributed by atoms with van der Waals surface area (Å²) in [6, 6.07) is 18.7. The van der Waals surface area contributed by atoms with Crippen molar-refractivity contribution >= 4 is 43.7 Å². The van der Waals surface area contributed by atoms with Gasteiger partial charge in [0.05, 0.1) is 0 Å². The Balaban J connectivity index is 0.00000100. The van der Waals surface area contributed by atoms with Crippen LogP contribution in [0.15, 0.2) is 77.8 Å². The van der Waals surface area contributed by atoms with E-state index in [1.54, 1.807) is 12.1 Å². The van der Waals surface area contributed by atoms with Gasteiger partial charge in [0.25, 0.3) is 0 Å². The third kappa shape index (κ3) is 3.67. The standard InChI is InChI=1S/C19H14Cl2O.H2OP/c20-16-12-7-13-19(21,17(16)14-8-3-1-4-9-14)18(22)15-10-5-2-6-11-15;1-2/h1-12H,13H2;2H2/q;+1. The zero-order chi connectivity index (χ0) is 17.6. The first-order chi connectivity index (χ1) is 11.6. The van der Waals surface area contributed by atoms with Crippen LogP contribution in [0, 0.1) is 0 Å². The number of benzene rings is 2. The molecule has 1 aliphatic rings. The summed E-state index contributed by atoms with van der Waals surface area (Å²) >= 11 is 13.2. The smallest absolute Gasteiger partial charge is 0.292 e. The van der Waals surface area contributed by atoms with Gasteiger partial charge >= 0.3 is 9.12 Å². The van der Waals surface area contributed by atoms with E-state index in [1.807, 2.05) is 60.7 Å². The number of hydrogen-bond donors (Lipinski definition) is 0. The van der Waals surface area contributed by atoms with E-state index in [9.17, 15) is 4.79 Å². The molecule has 0 amide bonds. The first kappa shape index (κ1) is 18.6. The van der Waals surface area contributed by atoms with E-state index in [4.69, 9.17) is 27.8 Å². The summed E-state index contributed by atoms with van der Waals surface area (Å²) in [5, 5.41) is 0.511. The van der Waals surface area contributed by atoms with Crippen LogP contribution < -0.4 is 0 Å². The van der Waals surface area contributed by atoms with E-state index in [0.29, 0.717) is 22.6 Å². The van der Waals surface area contributed by atoms with Gasteiger partial charge in [-0.3, -0.25) is 4.79 Å². The summed E-state index contributed by atoms with van der Waals surface area (Å²) in [5.41, 5.74) is 2.13. The molecule has 0 spiro atoms. The maximum atomic E-state index is 13.0. The Bertz CT molecular complexity index is 772. The molecule has 2 aromatic carbocycles. The molecule has 24 heavy (non-hydrogen) atoms. The van der Waals surface area contributed by atoms with Gasteiger partial charge in [-0.25, -0.2) is 0 Å². The van der Waals surface area contributed by atoms with Crippen molar-refractivity contribution < 1.29 is 9.36 Å². The molecule has 3 rings (SSSR count). The molecule has 0 aliphatic heterocycles. The van der Waals surface area contributed by atoms with Crippen molar-refractivity contribution in [2.75, 3.05) is 0 Å². The van der Waals surface area contributed by atoms with Crippen molar-refractivity contribution in [2.24, 2.45) is 0 Å². The van der Waals surface area contributed by atoms with E-state index in [0.717, 1.165) is 5.56 Å². The highest BCUT2D eigenvalue weighted by molar-refractivity contribution is 7.00. The van der Waals surface area contributed by atoms with Gasteiger partial charge in [-0.1, -0.05) is 82.9 Å². The van der Waals surface area contributed by atoms with Crippen LogP contribution in [-0.4, -0.2) is 10.7 Å². The quantitative estimate of drug-likeness (QED) is 0.392. The van der Waals surface area contributed by atoms with Crippen LogP contribution in [0.2, 0.25) is 0 Å². The highest BCUT2D eigenvalue weighted by Gasteiger charge is 2.42. The summed E-state index contributed by atoms with van der Waals surface area (Å²) < 4.78 is 8.17. The molecule has 0 heterocycles. The van der Waals surface area contributed by atoms with Gasteiger partial charge in [0.15, 0.2) is 5.78 Å². The lowest BCUT2D eigenvalue weighted by Gasteiger charge is -2.31. The van der Waals surface area contributed by atoms with Crippen molar-refractivity contribution in [2.45, 2.75) is 11.3 Å². The first-order valence-corrected chi connectivity index (χ1v) is 8.50. The number of carbonyl (C=O) groups is 1. The summed E-state index contributed by atoms with van der Waals surface area (Å²) in [4.78, 5) is 11.8. The lowest BCUT2D eigenvalue weighted by atomic mass is 9.80. The molecule has 0 N–H and O–H groups in total. The first-order valence-electron chi connectivity index (χ1n) is 7.27.